The lowest BCUT2D eigenvalue weighted by molar-refractivity contribution is -0.127. The lowest BCUT2D eigenvalue weighted by atomic mass is 10.0. The van der Waals surface area contributed by atoms with Crippen LogP contribution >= 0.6 is 15.9 Å². The Morgan fingerprint density at radius 2 is 1.85 bits per heavy atom. The number of ketones is 1. The third kappa shape index (κ3) is 2.27. The van der Waals surface area contributed by atoms with Gasteiger partial charge in [0.05, 0.1) is 0 Å². The van der Waals surface area contributed by atoms with Crippen LogP contribution in [-0.4, -0.2) is 18.9 Å². The molecule has 0 N–H and O–H groups in total. The molecule has 0 fully saturated rings. The second-order valence-electron chi connectivity index (χ2n) is 4.68. The van der Waals surface area contributed by atoms with Crippen molar-refractivity contribution in [3.8, 4) is 11.1 Å². The summed E-state index contributed by atoms with van der Waals surface area (Å²) in [7, 11) is 0. The Morgan fingerprint density at radius 1 is 1.15 bits per heavy atom. The molecule has 0 aliphatic heterocycles. The summed E-state index contributed by atoms with van der Waals surface area (Å²) in [6.07, 6.45) is 0.819. The van der Waals surface area contributed by atoms with Crippen molar-refractivity contribution in [2.24, 2.45) is 0 Å². The minimum Gasteiger partial charge on any atom is -0.459 e. The molecule has 100 valence electrons. The van der Waals surface area contributed by atoms with E-state index in [4.69, 9.17) is 0 Å². The summed E-state index contributed by atoms with van der Waals surface area (Å²) in [5, 5.41) is 0. The Labute approximate surface area is 124 Å². The Hall–Kier alpha value is -1.94. The maximum atomic E-state index is 11.8. The zero-order valence-electron chi connectivity index (χ0n) is 10.6. The van der Waals surface area contributed by atoms with Crippen LogP contribution in [0.15, 0.2) is 40.9 Å². The van der Waals surface area contributed by atoms with Crippen molar-refractivity contribution in [1.82, 2.24) is 0 Å². The Bertz CT molecular complexity index is 707. The van der Waals surface area contributed by atoms with Gasteiger partial charge in [0.1, 0.15) is 0 Å². The standard InChI is InChI=1S/C16H11BrO3/c17-13-2-4-15-12(7-13)6-11-5-10(1-3-14(11)15)16(19)8-20-9-18/h1-5,7,9H,6,8H2. The van der Waals surface area contributed by atoms with Gasteiger partial charge in [0.2, 0.25) is 0 Å². The molecule has 0 radical (unpaired) electrons. The Kier molecular flexibility index (Phi) is 3.40. The van der Waals surface area contributed by atoms with E-state index in [0.717, 1.165) is 16.5 Å². The van der Waals surface area contributed by atoms with Crippen molar-refractivity contribution in [3.63, 3.8) is 0 Å². The van der Waals surface area contributed by atoms with Gasteiger partial charge < -0.3 is 4.74 Å². The number of carbonyl (C=O) groups excluding carboxylic acids is 2. The van der Waals surface area contributed by atoms with Crippen LogP contribution in [0.3, 0.4) is 0 Å². The second kappa shape index (κ2) is 5.21. The van der Waals surface area contributed by atoms with Gasteiger partial charge >= 0.3 is 0 Å². The minimum absolute atomic E-state index is 0.183. The largest absolute Gasteiger partial charge is 0.459 e. The lowest BCUT2D eigenvalue weighted by Gasteiger charge is -2.04. The van der Waals surface area contributed by atoms with E-state index < -0.39 is 0 Å². The van der Waals surface area contributed by atoms with E-state index in [-0.39, 0.29) is 12.4 Å². The molecule has 1 aliphatic carbocycles. The lowest BCUT2D eigenvalue weighted by Crippen LogP contribution is -2.08. The third-order valence-electron chi connectivity index (χ3n) is 3.45. The van der Waals surface area contributed by atoms with Crippen LogP contribution < -0.4 is 0 Å². The first-order valence-electron chi connectivity index (χ1n) is 6.19. The maximum absolute atomic E-state index is 11.8. The van der Waals surface area contributed by atoms with E-state index in [1.807, 2.05) is 18.2 Å². The molecular weight excluding hydrogens is 320 g/mol. The molecule has 0 saturated heterocycles. The molecule has 4 heteroatoms. The van der Waals surface area contributed by atoms with Crippen molar-refractivity contribution >= 4 is 28.2 Å². The first-order chi connectivity index (χ1) is 9.69. The smallest absolute Gasteiger partial charge is 0.293 e. The molecule has 2 aromatic rings. The van der Waals surface area contributed by atoms with Gasteiger partial charge in [0.25, 0.3) is 6.47 Å². The van der Waals surface area contributed by atoms with Gasteiger partial charge in [0, 0.05) is 10.0 Å². The van der Waals surface area contributed by atoms with Crippen LogP contribution in [0.5, 0.6) is 0 Å². The zero-order chi connectivity index (χ0) is 14.1. The summed E-state index contributed by atoms with van der Waals surface area (Å²) in [4.78, 5) is 22.0. The maximum Gasteiger partial charge on any atom is 0.293 e. The summed E-state index contributed by atoms with van der Waals surface area (Å²) >= 11 is 3.47. The molecule has 0 heterocycles. The Morgan fingerprint density at radius 3 is 2.60 bits per heavy atom. The number of halogens is 1. The number of hydrogen-bond acceptors (Lipinski definition) is 3. The number of Topliss-reactive ketones (excluding diaryl/α,β-unsaturated/α-hetero) is 1. The van der Waals surface area contributed by atoms with E-state index >= 15 is 0 Å². The molecule has 0 unspecified atom stereocenters. The average molecular weight is 331 g/mol. The SMILES string of the molecule is O=COCC(=O)c1ccc2c(c1)Cc1cc(Br)ccc1-2. The molecule has 0 saturated carbocycles. The average Bonchev–Trinajstić information content (AvgIpc) is 2.80. The monoisotopic (exact) mass is 330 g/mol. The number of carbonyl (C=O) groups is 2. The molecule has 2 aromatic carbocycles. The summed E-state index contributed by atoms with van der Waals surface area (Å²) < 4.78 is 5.57. The highest BCUT2D eigenvalue weighted by Gasteiger charge is 2.20. The predicted octanol–water partition coefficient (Wildman–Crippen LogP) is 3.38. The van der Waals surface area contributed by atoms with Crippen molar-refractivity contribution in [1.29, 1.82) is 0 Å². The van der Waals surface area contributed by atoms with Gasteiger partial charge in [-0.05, 0) is 46.9 Å². The van der Waals surface area contributed by atoms with Crippen LogP contribution in [0.25, 0.3) is 11.1 Å². The number of rotatable bonds is 4. The third-order valence-corrected chi connectivity index (χ3v) is 3.94. The predicted molar refractivity (Wildman–Crippen MR) is 78.7 cm³/mol. The molecule has 20 heavy (non-hydrogen) atoms. The van der Waals surface area contributed by atoms with Crippen LogP contribution in [0.1, 0.15) is 21.5 Å². The molecule has 0 atom stereocenters. The second-order valence-corrected chi connectivity index (χ2v) is 5.60. The van der Waals surface area contributed by atoms with Crippen LogP contribution in [0.2, 0.25) is 0 Å². The molecule has 0 spiro atoms. The van der Waals surface area contributed by atoms with Crippen LogP contribution in [-0.2, 0) is 16.0 Å². The van der Waals surface area contributed by atoms with Crippen molar-refractivity contribution < 1.29 is 14.3 Å². The van der Waals surface area contributed by atoms with Gasteiger partial charge in [-0.15, -0.1) is 0 Å². The molecule has 3 nitrogen and oxygen atoms in total. The van der Waals surface area contributed by atoms with Gasteiger partial charge in [0.15, 0.2) is 12.4 Å². The first kappa shape index (κ1) is 13.1. The fourth-order valence-electron chi connectivity index (χ4n) is 2.55. The summed E-state index contributed by atoms with van der Waals surface area (Å²) in [6.45, 7) is 0.0828. The quantitative estimate of drug-likeness (QED) is 0.544. The molecule has 3 rings (SSSR count). The highest BCUT2D eigenvalue weighted by atomic mass is 79.9. The van der Waals surface area contributed by atoms with Crippen LogP contribution in [0.4, 0.5) is 0 Å². The fraction of sp³-hybridized carbons (Fsp3) is 0.125. The minimum atomic E-state index is -0.208. The number of ether oxygens (including phenoxy) is 1. The molecular formula is C16H11BrO3. The number of hydrogen-bond donors (Lipinski definition) is 0. The van der Waals surface area contributed by atoms with Crippen molar-refractivity contribution in [3.05, 3.63) is 57.6 Å². The topological polar surface area (TPSA) is 43.4 Å². The van der Waals surface area contributed by atoms with Crippen LogP contribution in [0, 0.1) is 0 Å². The normalized spacial score (nSPS) is 11.7. The zero-order valence-corrected chi connectivity index (χ0v) is 12.1. The van der Waals surface area contributed by atoms with Crippen molar-refractivity contribution in [2.45, 2.75) is 6.42 Å². The van der Waals surface area contributed by atoms with Gasteiger partial charge in [-0.1, -0.05) is 34.1 Å². The summed E-state index contributed by atoms with van der Waals surface area (Å²) in [6, 6.07) is 11.8. The first-order valence-corrected chi connectivity index (χ1v) is 6.98. The van der Waals surface area contributed by atoms with Gasteiger partial charge in [-0.2, -0.15) is 0 Å². The highest BCUT2D eigenvalue weighted by Crippen LogP contribution is 2.38. The fourth-order valence-corrected chi connectivity index (χ4v) is 2.95. The van der Waals surface area contributed by atoms with E-state index in [1.165, 1.54) is 16.7 Å². The van der Waals surface area contributed by atoms with E-state index in [1.54, 1.807) is 6.07 Å². The van der Waals surface area contributed by atoms with E-state index in [9.17, 15) is 9.59 Å². The summed E-state index contributed by atoms with van der Waals surface area (Å²) in [5.41, 5.74) is 5.35. The Balaban J connectivity index is 1.94. The van der Waals surface area contributed by atoms with Gasteiger partial charge in [-0.3, -0.25) is 9.59 Å². The van der Waals surface area contributed by atoms with E-state index in [0.29, 0.717) is 12.0 Å². The number of benzene rings is 2. The molecule has 0 bridgehead atoms. The highest BCUT2D eigenvalue weighted by molar-refractivity contribution is 9.10. The molecule has 0 aromatic heterocycles. The van der Waals surface area contributed by atoms with Gasteiger partial charge in [-0.25, -0.2) is 0 Å². The molecule has 1 aliphatic rings. The van der Waals surface area contributed by atoms with Crippen molar-refractivity contribution in [2.75, 3.05) is 6.61 Å². The molecule has 0 amide bonds. The number of fused-ring (bicyclic) bond motifs is 3. The van der Waals surface area contributed by atoms with E-state index in [2.05, 4.69) is 32.8 Å². The summed E-state index contributed by atoms with van der Waals surface area (Å²) in [5.74, 6) is -0.183.